The van der Waals surface area contributed by atoms with E-state index in [1.54, 1.807) is 7.11 Å². The van der Waals surface area contributed by atoms with Crippen molar-refractivity contribution in [1.29, 1.82) is 0 Å². The number of rotatable bonds is 2. The molecule has 1 aromatic rings. The van der Waals surface area contributed by atoms with Gasteiger partial charge < -0.3 is 9.64 Å². The van der Waals surface area contributed by atoms with Gasteiger partial charge in [-0.2, -0.15) is 0 Å². The summed E-state index contributed by atoms with van der Waals surface area (Å²) in [7, 11) is 3.85. The zero-order valence-corrected chi connectivity index (χ0v) is 11.1. The van der Waals surface area contributed by atoms with Gasteiger partial charge in [0.05, 0.1) is 7.11 Å². The second-order valence-corrected chi connectivity index (χ2v) is 4.82. The van der Waals surface area contributed by atoms with Crippen molar-refractivity contribution in [3.63, 3.8) is 0 Å². The van der Waals surface area contributed by atoms with Crippen LogP contribution in [-0.4, -0.2) is 30.6 Å². The van der Waals surface area contributed by atoms with Crippen LogP contribution in [0.15, 0.2) is 17.7 Å². The summed E-state index contributed by atoms with van der Waals surface area (Å²) in [5, 5.41) is 0. The Morgan fingerprint density at radius 1 is 1.35 bits per heavy atom. The topological polar surface area (TPSA) is 25.4 Å². The fourth-order valence-electron chi connectivity index (χ4n) is 2.25. The highest BCUT2D eigenvalue weighted by atomic mass is 16.5. The number of hydrogen-bond acceptors (Lipinski definition) is 3. The van der Waals surface area contributed by atoms with Gasteiger partial charge in [-0.3, -0.25) is 0 Å². The number of nitrogens with zero attached hydrogens (tertiary/aromatic N) is 2. The van der Waals surface area contributed by atoms with Gasteiger partial charge in [0.2, 0.25) is 0 Å². The van der Waals surface area contributed by atoms with Crippen LogP contribution in [-0.2, 0) is 17.7 Å². The van der Waals surface area contributed by atoms with Gasteiger partial charge in [0.15, 0.2) is 0 Å². The molecule has 2 rings (SSSR count). The molecule has 1 aliphatic heterocycles. The van der Waals surface area contributed by atoms with Crippen molar-refractivity contribution in [1.82, 2.24) is 9.88 Å². The molecule has 0 N–H and O–H groups in total. The summed E-state index contributed by atoms with van der Waals surface area (Å²) < 4.78 is 5.42. The molecule has 0 fully saturated rings. The normalized spacial score (nSPS) is 15.3. The van der Waals surface area contributed by atoms with E-state index in [1.807, 2.05) is 13.8 Å². The maximum atomic E-state index is 5.42. The van der Waals surface area contributed by atoms with Crippen molar-refractivity contribution in [3.8, 4) is 0 Å². The molecule has 0 aromatic carbocycles. The molecule has 0 radical (unpaired) electrons. The molecule has 3 nitrogen and oxygen atoms in total. The van der Waals surface area contributed by atoms with Crippen molar-refractivity contribution in [2.75, 3.05) is 20.7 Å². The molecular formula is C14H20N2O. The van der Waals surface area contributed by atoms with Gasteiger partial charge in [-0.1, -0.05) is 6.07 Å². The van der Waals surface area contributed by atoms with Crippen LogP contribution in [0.1, 0.15) is 30.8 Å². The molecule has 0 unspecified atom stereocenters. The smallest absolute Gasteiger partial charge is 0.143 e. The third kappa shape index (κ3) is 2.50. The molecule has 1 aromatic heterocycles. The Morgan fingerprint density at radius 3 is 2.76 bits per heavy atom. The van der Waals surface area contributed by atoms with E-state index in [9.17, 15) is 0 Å². The van der Waals surface area contributed by atoms with E-state index in [4.69, 9.17) is 9.72 Å². The second kappa shape index (κ2) is 4.88. The van der Waals surface area contributed by atoms with E-state index >= 15 is 0 Å². The molecule has 0 saturated carbocycles. The van der Waals surface area contributed by atoms with E-state index in [0.29, 0.717) is 0 Å². The summed E-state index contributed by atoms with van der Waals surface area (Å²) in [5.74, 6) is 0.895. The average molecular weight is 232 g/mol. The third-order valence-electron chi connectivity index (χ3n) is 3.13. The first-order chi connectivity index (χ1) is 8.11. The standard InChI is InChI=1S/C14H20N2O/c1-10(2)14(17-4)13-6-5-11-9-16(3)8-7-12(11)15-13/h5-6H,7-9H2,1-4H3. The first-order valence-electron chi connectivity index (χ1n) is 6.01. The third-order valence-corrected chi connectivity index (χ3v) is 3.13. The summed E-state index contributed by atoms with van der Waals surface area (Å²) in [4.78, 5) is 7.05. The summed E-state index contributed by atoms with van der Waals surface area (Å²) in [6.45, 7) is 6.18. The van der Waals surface area contributed by atoms with Gasteiger partial charge in [0.1, 0.15) is 11.5 Å². The maximum absolute atomic E-state index is 5.42. The Kier molecular flexibility index (Phi) is 3.48. The minimum Gasteiger partial charge on any atom is -0.495 e. The van der Waals surface area contributed by atoms with Crippen molar-refractivity contribution in [2.24, 2.45) is 0 Å². The summed E-state index contributed by atoms with van der Waals surface area (Å²) >= 11 is 0. The monoisotopic (exact) mass is 232 g/mol. The van der Waals surface area contributed by atoms with Gasteiger partial charge in [-0.15, -0.1) is 0 Å². The predicted molar refractivity (Wildman–Crippen MR) is 69.6 cm³/mol. The first-order valence-corrected chi connectivity index (χ1v) is 6.01. The molecule has 2 heterocycles. The van der Waals surface area contributed by atoms with Gasteiger partial charge in [-0.25, -0.2) is 4.98 Å². The molecule has 17 heavy (non-hydrogen) atoms. The van der Waals surface area contributed by atoms with Crippen LogP contribution in [0.2, 0.25) is 0 Å². The SMILES string of the molecule is COC(=C(C)C)c1ccc2c(n1)CCN(C)C2. The zero-order valence-electron chi connectivity index (χ0n) is 11.1. The van der Waals surface area contributed by atoms with Crippen LogP contribution in [0.5, 0.6) is 0 Å². The summed E-state index contributed by atoms with van der Waals surface area (Å²) in [5.41, 5.74) is 4.67. The van der Waals surface area contributed by atoms with Gasteiger partial charge in [-0.05, 0) is 38.1 Å². The van der Waals surface area contributed by atoms with E-state index in [-0.39, 0.29) is 0 Å². The Morgan fingerprint density at radius 2 is 2.12 bits per heavy atom. The highest BCUT2D eigenvalue weighted by molar-refractivity contribution is 5.59. The lowest BCUT2D eigenvalue weighted by Gasteiger charge is -2.24. The molecule has 3 heteroatoms. The maximum Gasteiger partial charge on any atom is 0.143 e. The molecule has 0 bridgehead atoms. The molecular weight excluding hydrogens is 212 g/mol. The fraction of sp³-hybridized carbons (Fsp3) is 0.500. The summed E-state index contributed by atoms with van der Waals surface area (Å²) in [6.07, 6.45) is 1.03. The number of hydrogen-bond donors (Lipinski definition) is 0. The van der Waals surface area contributed by atoms with Crippen LogP contribution >= 0.6 is 0 Å². The molecule has 1 aliphatic rings. The molecule has 0 saturated heterocycles. The number of methoxy groups -OCH3 is 1. The predicted octanol–water partition coefficient (Wildman–Crippen LogP) is 2.47. The van der Waals surface area contributed by atoms with Crippen LogP contribution in [0, 0.1) is 0 Å². The Bertz CT molecular complexity index is 448. The number of likely N-dealkylation sites (N-methyl/N-ethyl adjacent to an activating group) is 1. The van der Waals surface area contributed by atoms with Crippen LogP contribution < -0.4 is 0 Å². The molecule has 0 spiro atoms. The van der Waals surface area contributed by atoms with Crippen molar-refractivity contribution in [3.05, 3.63) is 34.7 Å². The van der Waals surface area contributed by atoms with Gasteiger partial charge >= 0.3 is 0 Å². The Hall–Kier alpha value is -1.35. The quantitative estimate of drug-likeness (QED) is 0.732. The number of allylic oxidation sites excluding steroid dienone is 1. The minimum absolute atomic E-state index is 0.895. The fourth-order valence-corrected chi connectivity index (χ4v) is 2.25. The molecule has 0 amide bonds. The van der Waals surface area contributed by atoms with Crippen LogP contribution in [0.4, 0.5) is 0 Å². The van der Waals surface area contributed by atoms with Crippen molar-refractivity contribution < 1.29 is 4.74 Å². The molecule has 92 valence electrons. The number of ether oxygens (including phenoxy) is 1. The first kappa shape index (κ1) is 12.1. The number of fused-ring (bicyclic) bond motifs is 1. The number of pyridine rings is 1. The van der Waals surface area contributed by atoms with Gasteiger partial charge in [0, 0.05) is 25.2 Å². The van der Waals surface area contributed by atoms with Crippen LogP contribution in [0.25, 0.3) is 5.76 Å². The van der Waals surface area contributed by atoms with Crippen molar-refractivity contribution in [2.45, 2.75) is 26.8 Å². The van der Waals surface area contributed by atoms with Crippen LogP contribution in [0.3, 0.4) is 0 Å². The highest BCUT2D eigenvalue weighted by Crippen LogP contribution is 2.22. The largest absolute Gasteiger partial charge is 0.495 e. The molecule has 0 aliphatic carbocycles. The van der Waals surface area contributed by atoms with Crippen molar-refractivity contribution >= 4 is 5.76 Å². The summed E-state index contributed by atoms with van der Waals surface area (Å²) in [6, 6.07) is 4.24. The minimum atomic E-state index is 0.895. The lowest BCUT2D eigenvalue weighted by molar-refractivity contribution is 0.309. The average Bonchev–Trinajstić information content (AvgIpc) is 2.29. The molecule has 0 atom stereocenters. The second-order valence-electron chi connectivity index (χ2n) is 4.82. The van der Waals surface area contributed by atoms with E-state index < -0.39 is 0 Å². The van der Waals surface area contributed by atoms with E-state index in [1.165, 1.54) is 11.3 Å². The van der Waals surface area contributed by atoms with Gasteiger partial charge in [0.25, 0.3) is 0 Å². The zero-order chi connectivity index (χ0) is 12.4. The lowest BCUT2D eigenvalue weighted by Crippen LogP contribution is -2.27. The number of aromatic nitrogens is 1. The van der Waals surface area contributed by atoms with E-state index in [2.05, 4.69) is 24.1 Å². The van der Waals surface area contributed by atoms with E-state index in [0.717, 1.165) is 36.5 Å². The lowest BCUT2D eigenvalue weighted by atomic mass is 10.0. The Labute approximate surface area is 103 Å². The highest BCUT2D eigenvalue weighted by Gasteiger charge is 2.16. The Balaban J connectivity index is 2.37.